The fourth-order valence-electron chi connectivity index (χ4n) is 2.86. The Morgan fingerprint density at radius 1 is 1.26 bits per heavy atom. The van der Waals surface area contributed by atoms with E-state index in [9.17, 15) is 18.8 Å². The van der Waals surface area contributed by atoms with Crippen molar-refractivity contribution in [1.82, 2.24) is 9.88 Å². The molecule has 7 nitrogen and oxygen atoms in total. The Morgan fingerprint density at radius 2 is 2.04 bits per heavy atom. The van der Waals surface area contributed by atoms with Crippen LogP contribution in [0.25, 0.3) is 0 Å². The van der Waals surface area contributed by atoms with E-state index in [-0.39, 0.29) is 23.1 Å². The van der Waals surface area contributed by atoms with E-state index in [1.54, 1.807) is 14.0 Å². The third-order valence-electron chi connectivity index (χ3n) is 4.39. The number of Topliss-reactive ketones (excluding diaryl/α,β-unsaturated/α-hetero) is 1. The van der Waals surface area contributed by atoms with Gasteiger partial charge < -0.3 is 19.9 Å². The summed E-state index contributed by atoms with van der Waals surface area (Å²) < 4.78 is 20.0. The molecule has 2 heterocycles. The highest BCUT2D eigenvalue weighted by atomic mass is 19.1. The van der Waals surface area contributed by atoms with Crippen molar-refractivity contribution in [2.75, 3.05) is 18.5 Å². The van der Waals surface area contributed by atoms with Crippen molar-refractivity contribution >= 4 is 23.3 Å². The third-order valence-corrected chi connectivity index (χ3v) is 4.39. The molecule has 27 heavy (non-hydrogen) atoms. The summed E-state index contributed by atoms with van der Waals surface area (Å²) in [5.74, 6) is -2.27. The van der Waals surface area contributed by atoms with E-state index in [4.69, 9.17) is 4.74 Å². The molecule has 0 saturated carbocycles. The number of halogens is 1. The van der Waals surface area contributed by atoms with E-state index in [0.717, 1.165) is 0 Å². The molecule has 142 valence electrons. The lowest BCUT2D eigenvalue weighted by Gasteiger charge is -2.08. The first kappa shape index (κ1) is 18.8. The second-order valence-corrected chi connectivity index (χ2v) is 6.51. The number of aromatic nitrogens is 1. The summed E-state index contributed by atoms with van der Waals surface area (Å²) in [6, 6.07) is 5.42. The van der Waals surface area contributed by atoms with Gasteiger partial charge in [-0.15, -0.1) is 0 Å². The summed E-state index contributed by atoms with van der Waals surface area (Å²) in [6.07, 6.45) is 2.09. The zero-order chi connectivity index (χ0) is 19.6. The molecular formula is C19H20FN3O4. The highest BCUT2D eigenvalue weighted by Gasteiger charge is 2.25. The number of carbonyl (C=O) groups is 3. The van der Waals surface area contributed by atoms with Gasteiger partial charge in [-0.2, -0.15) is 0 Å². The topological polar surface area (TPSA) is 89.4 Å². The number of nitrogens with one attached hydrogen (secondary N) is 2. The molecule has 0 radical (unpaired) electrons. The average Bonchev–Trinajstić information content (AvgIpc) is 3.27. The van der Waals surface area contributed by atoms with Crippen LogP contribution in [0.1, 0.15) is 32.8 Å². The molecule has 0 spiro atoms. The Labute approximate surface area is 155 Å². The van der Waals surface area contributed by atoms with Gasteiger partial charge in [0.15, 0.2) is 0 Å². The molecule has 3 rings (SSSR count). The molecule has 1 aliphatic heterocycles. The average molecular weight is 373 g/mol. The minimum absolute atomic E-state index is 0.120. The molecule has 1 fully saturated rings. The largest absolute Gasteiger partial charge is 0.379 e. The van der Waals surface area contributed by atoms with Crippen LogP contribution in [0.2, 0.25) is 0 Å². The Hall–Kier alpha value is -3.00. The monoisotopic (exact) mass is 373 g/mol. The molecular weight excluding hydrogens is 353 g/mol. The number of amides is 2. The van der Waals surface area contributed by atoms with Crippen LogP contribution >= 0.6 is 0 Å². The number of carbonyl (C=O) groups excluding carboxylic acids is 3. The lowest BCUT2D eigenvalue weighted by atomic mass is 10.1. The van der Waals surface area contributed by atoms with E-state index in [1.165, 1.54) is 35.0 Å². The van der Waals surface area contributed by atoms with Gasteiger partial charge in [0.2, 0.25) is 0 Å². The number of hydrogen-bond donors (Lipinski definition) is 2. The van der Waals surface area contributed by atoms with Crippen LogP contribution in [-0.4, -0.2) is 41.4 Å². The summed E-state index contributed by atoms with van der Waals surface area (Å²) in [4.78, 5) is 36.9. The molecule has 8 heteroatoms. The van der Waals surface area contributed by atoms with Gasteiger partial charge in [0.05, 0.1) is 12.6 Å². The number of rotatable bonds is 5. The third kappa shape index (κ3) is 4.22. The molecule has 0 bridgehead atoms. The smallest absolute Gasteiger partial charge is 0.292 e. The second kappa shape index (κ2) is 7.71. The molecule has 1 unspecified atom stereocenters. The van der Waals surface area contributed by atoms with Crippen LogP contribution in [0.5, 0.6) is 0 Å². The highest BCUT2D eigenvalue weighted by Crippen LogP contribution is 2.16. The van der Waals surface area contributed by atoms with Crippen LogP contribution in [0, 0.1) is 12.7 Å². The number of hydrogen-bond acceptors (Lipinski definition) is 4. The number of ketones is 1. The first-order valence-electron chi connectivity index (χ1n) is 8.52. The van der Waals surface area contributed by atoms with Crippen molar-refractivity contribution in [2.45, 2.75) is 19.4 Å². The number of nitrogens with zero attached hydrogens (tertiary/aromatic N) is 1. The minimum atomic E-state index is -0.725. The zero-order valence-corrected chi connectivity index (χ0v) is 15.0. The van der Waals surface area contributed by atoms with Gasteiger partial charge in [0.1, 0.15) is 11.5 Å². The number of benzene rings is 1. The molecule has 2 N–H and O–H groups in total. The van der Waals surface area contributed by atoms with Gasteiger partial charge >= 0.3 is 0 Å². The van der Waals surface area contributed by atoms with Crippen molar-refractivity contribution in [3.8, 4) is 0 Å². The quantitative estimate of drug-likeness (QED) is 0.618. The van der Waals surface area contributed by atoms with Crippen LogP contribution in [0.4, 0.5) is 10.1 Å². The van der Waals surface area contributed by atoms with Gasteiger partial charge in [-0.25, -0.2) is 4.39 Å². The van der Waals surface area contributed by atoms with Crippen molar-refractivity contribution < 1.29 is 23.5 Å². The Morgan fingerprint density at radius 3 is 2.70 bits per heavy atom. The molecule has 2 aromatic rings. The van der Waals surface area contributed by atoms with Crippen LogP contribution in [0.3, 0.4) is 0 Å². The fourth-order valence-corrected chi connectivity index (χ4v) is 2.86. The van der Waals surface area contributed by atoms with Gasteiger partial charge in [-0.3, -0.25) is 14.4 Å². The van der Waals surface area contributed by atoms with Crippen molar-refractivity contribution in [2.24, 2.45) is 7.05 Å². The number of aryl methyl sites for hydroxylation is 2. The predicted molar refractivity (Wildman–Crippen MR) is 96.2 cm³/mol. The van der Waals surface area contributed by atoms with E-state index in [2.05, 4.69) is 10.6 Å². The Balaban J connectivity index is 1.70. The molecule has 1 aliphatic rings. The summed E-state index contributed by atoms with van der Waals surface area (Å²) in [5.41, 5.74) is 1.17. The van der Waals surface area contributed by atoms with Gasteiger partial charge in [-0.05, 0) is 43.2 Å². The lowest BCUT2D eigenvalue weighted by Crippen LogP contribution is -2.39. The maximum absolute atomic E-state index is 13.3. The van der Waals surface area contributed by atoms with Gasteiger partial charge in [0, 0.05) is 31.1 Å². The van der Waals surface area contributed by atoms with Crippen LogP contribution < -0.4 is 10.6 Å². The Bertz CT molecular complexity index is 900. The van der Waals surface area contributed by atoms with E-state index >= 15 is 0 Å². The van der Waals surface area contributed by atoms with Crippen molar-refractivity contribution in [1.29, 1.82) is 0 Å². The van der Waals surface area contributed by atoms with E-state index < -0.39 is 17.6 Å². The van der Waals surface area contributed by atoms with E-state index in [1.807, 2.05) is 0 Å². The fraction of sp³-hybridized carbons (Fsp3) is 0.316. The summed E-state index contributed by atoms with van der Waals surface area (Å²) in [7, 11) is 1.60. The molecule has 1 saturated heterocycles. The molecule has 1 atom stereocenters. The molecule has 0 aliphatic carbocycles. The van der Waals surface area contributed by atoms with Crippen molar-refractivity contribution in [3.63, 3.8) is 0 Å². The first-order chi connectivity index (χ1) is 12.8. The standard InChI is InChI=1S/C19H20FN3O4/c1-11-7-13(3-4-15(11)20)21-18(25)16-8-12(9-23(16)2)17(24)19(26)22-14-5-6-27-10-14/h3-4,7-9,14H,5-6,10H2,1-2H3,(H,21,25)(H,22,26). The molecule has 1 aromatic heterocycles. The van der Waals surface area contributed by atoms with E-state index in [0.29, 0.717) is 30.9 Å². The summed E-state index contributed by atoms with van der Waals surface area (Å²) >= 11 is 0. The van der Waals surface area contributed by atoms with Crippen LogP contribution in [-0.2, 0) is 16.6 Å². The summed E-state index contributed by atoms with van der Waals surface area (Å²) in [6.45, 7) is 2.54. The Kier molecular flexibility index (Phi) is 5.36. The normalized spacial score (nSPS) is 16.2. The van der Waals surface area contributed by atoms with Crippen molar-refractivity contribution in [3.05, 3.63) is 53.1 Å². The highest BCUT2D eigenvalue weighted by molar-refractivity contribution is 6.43. The maximum Gasteiger partial charge on any atom is 0.292 e. The zero-order valence-electron chi connectivity index (χ0n) is 15.0. The summed E-state index contributed by atoms with van der Waals surface area (Å²) in [5, 5.41) is 5.28. The van der Waals surface area contributed by atoms with Gasteiger partial charge in [-0.1, -0.05) is 0 Å². The lowest BCUT2D eigenvalue weighted by molar-refractivity contribution is -0.117. The maximum atomic E-state index is 13.3. The predicted octanol–water partition coefficient (Wildman–Crippen LogP) is 1.81. The first-order valence-corrected chi connectivity index (χ1v) is 8.52. The minimum Gasteiger partial charge on any atom is -0.379 e. The molecule has 1 aromatic carbocycles. The number of anilines is 1. The van der Waals surface area contributed by atoms with Gasteiger partial charge in [0.25, 0.3) is 17.6 Å². The SMILES string of the molecule is Cc1cc(NC(=O)c2cc(C(=O)C(=O)NC3CCOC3)cn2C)ccc1F. The second-order valence-electron chi connectivity index (χ2n) is 6.51. The molecule has 2 amide bonds. The number of ether oxygens (including phenoxy) is 1. The van der Waals surface area contributed by atoms with Crippen LogP contribution in [0.15, 0.2) is 30.5 Å².